The number of rotatable bonds is 7. The van der Waals surface area contributed by atoms with Crippen LogP contribution in [0.15, 0.2) is 24.3 Å². The van der Waals surface area contributed by atoms with E-state index in [1.807, 2.05) is 24.3 Å². The molecule has 0 aliphatic rings. The smallest absolute Gasteiger partial charge is 0.240 e. The van der Waals surface area contributed by atoms with Crippen LogP contribution in [0.5, 0.6) is 5.75 Å². The average Bonchev–Trinajstić information content (AvgIpc) is 2.37. The van der Waals surface area contributed by atoms with Crippen molar-refractivity contribution in [3.05, 3.63) is 29.8 Å². The lowest BCUT2D eigenvalue weighted by Gasteiger charge is -2.26. The third-order valence-corrected chi connectivity index (χ3v) is 2.97. The Hall–Kier alpha value is -1.59. The first-order valence-electron chi connectivity index (χ1n) is 5.84. The maximum absolute atomic E-state index is 11.3. The van der Waals surface area contributed by atoms with E-state index in [2.05, 4.69) is 5.32 Å². The van der Waals surface area contributed by atoms with Gasteiger partial charge in [-0.1, -0.05) is 18.2 Å². The van der Waals surface area contributed by atoms with E-state index in [0.717, 1.165) is 5.56 Å². The fraction of sp³-hybridized carbons (Fsp3) is 0.462. The van der Waals surface area contributed by atoms with Gasteiger partial charge < -0.3 is 20.9 Å². The number of aliphatic hydroxyl groups excluding tert-OH is 1. The monoisotopic (exact) mass is 252 g/mol. The first kappa shape index (κ1) is 14.5. The number of ether oxygens (including phenoxy) is 1. The third kappa shape index (κ3) is 3.45. The number of nitrogens with two attached hydrogens (primary N) is 1. The van der Waals surface area contributed by atoms with Gasteiger partial charge in [-0.3, -0.25) is 4.79 Å². The number of likely N-dealkylation sites (N-methyl/N-ethyl adjacent to an activating group) is 1. The van der Waals surface area contributed by atoms with Gasteiger partial charge in [-0.05, 0) is 32.0 Å². The highest BCUT2D eigenvalue weighted by Gasteiger charge is 2.30. The number of carbonyl (C=O) groups is 1. The number of aliphatic hydroxyl groups is 1. The molecule has 1 aromatic rings. The number of hydrogen-bond acceptors (Lipinski definition) is 4. The summed E-state index contributed by atoms with van der Waals surface area (Å²) < 4.78 is 5.63. The van der Waals surface area contributed by atoms with E-state index < -0.39 is 11.4 Å². The predicted octanol–water partition coefficient (Wildman–Crippen LogP) is 0.0636. The first-order valence-corrected chi connectivity index (χ1v) is 5.84. The molecule has 0 fully saturated rings. The Morgan fingerprint density at radius 2 is 2.17 bits per heavy atom. The number of hydrogen-bond donors (Lipinski definition) is 3. The third-order valence-electron chi connectivity index (χ3n) is 2.97. The highest BCUT2D eigenvalue weighted by molar-refractivity contribution is 5.84. The van der Waals surface area contributed by atoms with Gasteiger partial charge in [0.05, 0.1) is 0 Å². The molecular formula is C13H20N2O3. The van der Waals surface area contributed by atoms with Crippen LogP contribution in [0.1, 0.15) is 12.5 Å². The van der Waals surface area contributed by atoms with Crippen LogP contribution >= 0.6 is 0 Å². The van der Waals surface area contributed by atoms with E-state index in [9.17, 15) is 4.79 Å². The fourth-order valence-corrected chi connectivity index (χ4v) is 1.46. The number of nitrogens with one attached hydrogen (secondary N) is 1. The van der Waals surface area contributed by atoms with Crippen LogP contribution in [0.25, 0.3) is 0 Å². The van der Waals surface area contributed by atoms with Gasteiger partial charge in [0.1, 0.15) is 17.9 Å². The molecule has 4 N–H and O–H groups in total. The van der Waals surface area contributed by atoms with Crippen molar-refractivity contribution in [2.75, 3.05) is 20.3 Å². The normalized spacial score (nSPS) is 13.9. The SMILES string of the molecule is CNC(C)(COc1ccccc1CCO)C(N)=O. The molecule has 1 atom stereocenters. The van der Waals surface area contributed by atoms with Crippen molar-refractivity contribution in [1.82, 2.24) is 5.32 Å². The predicted molar refractivity (Wildman–Crippen MR) is 69.4 cm³/mol. The second kappa shape index (κ2) is 6.37. The highest BCUT2D eigenvalue weighted by Crippen LogP contribution is 2.19. The fourth-order valence-electron chi connectivity index (χ4n) is 1.46. The molecule has 1 aromatic carbocycles. The van der Waals surface area contributed by atoms with Gasteiger partial charge in [0, 0.05) is 6.61 Å². The van der Waals surface area contributed by atoms with Crippen LogP contribution in [0.4, 0.5) is 0 Å². The van der Waals surface area contributed by atoms with Crippen molar-refractivity contribution in [3.63, 3.8) is 0 Å². The molecule has 0 radical (unpaired) electrons. The van der Waals surface area contributed by atoms with Crippen LogP contribution in [-0.4, -0.2) is 36.8 Å². The maximum atomic E-state index is 11.3. The van der Waals surface area contributed by atoms with E-state index in [1.165, 1.54) is 0 Å². The van der Waals surface area contributed by atoms with Crippen LogP contribution in [0.2, 0.25) is 0 Å². The lowest BCUT2D eigenvalue weighted by molar-refractivity contribution is -0.124. The Kier molecular flexibility index (Phi) is 5.12. The lowest BCUT2D eigenvalue weighted by atomic mass is 10.0. The van der Waals surface area contributed by atoms with Crippen molar-refractivity contribution >= 4 is 5.91 Å². The lowest BCUT2D eigenvalue weighted by Crippen LogP contribution is -2.55. The van der Waals surface area contributed by atoms with E-state index in [0.29, 0.717) is 12.2 Å². The second-order valence-corrected chi connectivity index (χ2v) is 4.32. The number of carbonyl (C=O) groups excluding carboxylic acids is 1. The molecule has 0 aliphatic heterocycles. The van der Waals surface area contributed by atoms with E-state index in [-0.39, 0.29) is 13.2 Å². The van der Waals surface area contributed by atoms with Gasteiger partial charge in [-0.2, -0.15) is 0 Å². The molecule has 5 heteroatoms. The minimum atomic E-state index is -0.910. The summed E-state index contributed by atoms with van der Waals surface area (Å²) in [5.41, 5.74) is 5.32. The molecule has 0 spiro atoms. The quantitative estimate of drug-likeness (QED) is 0.641. The zero-order valence-corrected chi connectivity index (χ0v) is 10.8. The molecule has 0 saturated heterocycles. The maximum Gasteiger partial charge on any atom is 0.240 e. The molecule has 0 bridgehead atoms. The molecule has 0 saturated carbocycles. The number of amides is 1. The summed E-state index contributed by atoms with van der Waals surface area (Å²) in [7, 11) is 1.66. The van der Waals surface area contributed by atoms with E-state index >= 15 is 0 Å². The zero-order chi connectivity index (χ0) is 13.6. The minimum Gasteiger partial charge on any atom is -0.491 e. The Labute approximate surface area is 107 Å². The van der Waals surface area contributed by atoms with Crippen molar-refractivity contribution in [3.8, 4) is 5.75 Å². The Balaban J connectivity index is 2.76. The number of para-hydroxylation sites is 1. The zero-order valence-electron chi connectivity index (χ0n) is 10.8. The topological polar surface area (TPSA) is 84.6 Å². The van der Waals surface area contributed by atoms with Gasteiger partial charge in [-0.15, -0.1) is 0 Å². The molecule has 18 heavy (non-hydrogen) atoms. The summed E-state index contributed by atoms with van der Waals surface area (Å²) in [6, 6.07) is 7.41. The Morgan fingerprint density at radius 1 is 1.50 bits per heavy atom. The van der Waals surface area contributed by atoms with Gasteiger partial charge in [0.2, 0.25) is 5.91 Å². The van der Waals surface area contributed by atoms with Gasteiger partial charge in [0.15, 0.2) is 0 Å². The molecule has 100 valence electrons. The largest absolute Gasteiger partial charge is 0.491 e. The van der Waals surface area contributed by atoms with Crippen LogP contribution < -0.4 is 15.8 Å². The Morgan fingerprint density at radius 3 is 2.72 bits per heavy atom. The average molecular weight is 252 g/mol. The van der Waals surface area contributed by atoms with Gasteiger partial charge in [-0.25, -0.2) is 0 Å². The van der Waals surface area contributed by atoms with Crippen LogP contribution in [0.3, 0.4) is 0 Å². The summed E-state index contributed by atoms with van der Waals surface area (Å²) in [4.78, 5) is 11.3. The first-order chi connectivity index (χ1) is 8.53. The minimum absolute atomic E-state index is 0.0550. The molecule has 1 rings (SSSR count). The van der Waals surface area contributed by atoms with Gasteiger partial charge in [0.25, 0.3) is 0 Å². The van der Waals surface area contributed by atoms with Crippen LogP contribution in [0, 0.1) is 0 Å². The summed E-state index contributed by atoms with van der Waals surface area (Å²) in [6.45, 7) is 1.88. The summed E-state index contributed by atoms with van der Waals surface area (Å²) in [5.74, 6) is 0.193. The summed E-state index contributed by atoms with van der Waals surface area (Å²) >= 11 is 0. The Bertz CT molecular complexity index is 409. The molecule has 5 nitrogen and oxygen atoms in total. The highest BCUT2D eigenvalue weighted by atomic mass is 16.5. The molecular weight excluding hydrogens is 232 g/mol. The molecule has 0 heterocycles. The summed E-state index contributed by atoms with van der Waals surface area (Å²) in [5, 5.41) is 11.8. The van der Waals surface area contributed by atoms with Crippen molar-refractivity contribution in [2.24, 2.45) is 5.73 Å². The van der Waals surface area contributed by atoms with Crippen molar-refractivity contribution < 1.29 is 14.6 Å². The van der Waals surface area contributed by atoms with Crippen molar-refractivity contribution in [2.45, 2.75) is 18.9 Å². The van der Waals surface area contributed by atoms with Gasteiger partial charge >= 0.3 is 0 Å². The van der Waals surface area contributed by atoms with Crippen molar-refractivity contribution in [1.29, 1.82) is 0 Å². The van der Waals surface area contributed by atoms with Crippen LogP contribution in [-0.2, 0) is 11.2 Å². The molecule has 1 amide bonds. The molecule has 0 aliphatic carbocycles. The summed E-state index contributed by atoms with van der Waals surface area (Å²) in [6.07, 6.45) is 0.517. The molecule has 0 aromatic heterocycles. The van der Waals surface area contributed by atoms with E-state index in [4.69, 9.17) is 15.6 Å². The molecule has 1 unspecified atom stereocenters. The van der Waals surface area contributed by atoms with E-state index in [1.54, 1.807) is 14.0 Å². The standard InChI is InChI=1S/C13H20N2O3/c1-13(15-2,12(14)17)9-18-11-6-4-3-5-10(11)7-8-16/h3-6,15-16H,7-9H2,1-2H3,(H2,14,17). The number of benzene rings is 1. The second-order valence-electron chi connectivity index (χ2n) is 4.32. The number of primary amides is 1.